The number of aryl methyl sites for hydroxylation is 1. The summed E-state index contributed by atoms with van der Waals surface area (Å²) in [6.45, 7) is 1.98. The molecule has 0 spiro atoms. The summed E-state index contributed by atoms with van der Waals surface area (Å²) in [7, 11) is -3.98. The Labute approximate surface area is 195 Å². The summed E-state index contributed by atoms with van der Waals surface area (Å²) < 4.78 is 55.0. The summed E-state index contributed by atoms with van der Waals surface area (Å²) in [4.78, 5) is 12.6. The van der Waals surface area contributed by atoms with Gasteiger partial charge in [0.2, 0.25) is 15.9 Å². The predicted octanol–water partition coefficient (Wildman–Crippen LogP) is 4.15. The maximum Gasteiger partial charge on any atom is 0.243 e. The monoisotopic (exact) mass is 494 g/mol. The van der Waals surface area contributed by atoms with Crippen LogP contribution < -0.4 is 5.32 Å². The number of benzene rings is 2. The summed E-state index contributed by atoms with van der Waals surface area (Å²) in [6, 6.07) is 11.3. The highest BCUT2D eigenvalue weighted by Gasteiger charge is 2.33. The second-order valence-corrected chi connectivity index (χ2v) is 10.2. The molecule has 0 unspecified atom stereocenters. The van der Waals surface area contributed by atoms with Gasteiger partial charge in [-0.25, -0.2) is 21.9 Å². The van der Waals surface area contributed by atoms with Gasteiger partial charge in [-0.2, -0.15) is 9.40 Å². The molecule has 0 saturated carbocycles. The lowest BCUT2D eigenvalue weighted by Crippen LogP contribution is -2.41. The highest BCUT2D eigenvalue weighted by molar-refractivity contribution is 7.89. The van der Waals surface area contributed by atoms with Crippen LogP contribution in [0.15, 0.2) is 53.4 Å². The first-order valence-electron chi connectivity index (χ1n) is 10.2. The van der Waals surface area contributed by atoms with Crippen molar-refractivity contribution >= 4 is 33.3 Å². The molecule has 11 heteroatoms. The fraction of sp³-hybridized carbons (Fsp3) is 0.273. The van der Waals surface area contributed by atoms with E-state index in [9.17, 15) is 22.0 Å². The Balaban J connectivity index is 1.44. The molecule has 1 aliphatic rings. The molecule has 0 bridgehead atoms. The lowest BCUT2D eigenvalue weighted by molar-refractivity contribution is -0.120. The maximum atomic E-state index is 13.5. The van der Waals surface area contributed by atoms with Crippen molar-refractivity contribution in [2.45, 2.75) is 24.7 Å². The fourth-order valence-electron chi connectivity index (χ4n) is 3.77. The van der Waals surface area contributed by atoms with Crippen LogP contribution in [0.1, 0.15) is 18.5 Å². The molecule has 33 heavy (non-hydrogen) atoms. The number of sulfonamides is 1. The van der Waals surface area contributed by atoms with Crippen LogP contribution in [0.2, 0.25) is 5.02 Å². The Kier molecular flexibility index (Phi) is 6.51. The zero-order valence-corrected chi connectivity index (χ0v) is 19.2. The minimum Gasteiger partial charge on any atom is -0.310 e. The maximum absolute atomic E-state index is 13.5. The average molecular weight is 495 g/mol. The minimum atomic E-state index is -3.98. The number of rotatable bonds is 5. The quantitative estimate of drug-likeness (QED) is 0.577. The second-order valence-electron chi connectivity index (χ2n) is 7.81. The molecule has 1 N–H and O–H groups in total. The topological polar surface area (TPSA) is 84.3 Å². The third kappa shape index (κ3) is 4.92. The van der Waals surface area contributed by atoms with Crippen LogP contribution in [0.3, 0.4) is 0 Å². The van der Waals surface area contributed by atoms with E-state index in [0.717, 1.165) is 12.1 Å². The Bertz CT molecular complexity index is 1300. The van der Waals surface area contributed by atoms with Crippen molar-refractivity contribution in [2.75, 3.05) is 18.4 Å². The van der Waals surface area contributed by atoms with Gasteiger partial charge in [0, 0.05) is 30.1 Å². The smallest absolute Gasteiger partial charge is 0.243 e. The van der Waals surface area contributed by atoms with Gasteiger partial charge in [0.1, 0.15) is 5.82 Å². The first-order chi connectivity index (χ1) is 15.6. The third-order valence-corrected chi connectivity index (χ3v) is 7.62. The van der Waals surface area contributed by atoms with Crippen molar-refractivity contribution < 1.29 is 22.0 Å². The van der Waals surface area contributed by atoms with Crippen LogP contribution >= 0.6 is 11.6 Å². The Morgan fingerprint density at radius 2 is 1.82 bits per heavy atom. The van der Waals surface area contributed by atoms with E-state index in [2.05, 4.69) is 10.4 Å². The van der Waals surface area contributed by atoms with Gasteiger partial charge < -0.3 is 5.32 Å². The van der Waals surface area contributed by atoms with Crippen LogP contribution in [0.25, 0.3) is 5.69 Å². The number of aromatic nitrogens is 2. The molecule has 1 aromatic heterocycles. The van der Waals surface area contributed by atoms with Gasteiger partial charge in [-0.05, 0) is 56.2 Å². The number of hydrogen-bond acceptors (Lipinski definition) is 4. The van der Waals surface area contributed by atoms with Gasteiger partial charge in [-0.15, -0.1) is 0 Å². The molecule has 1 amide bonds. The number of carbonyl (C=O) groups excluding carboxylic acids is 1. The number of carbonyl (C=O) groups is 1. The molecule has 1 fully saturated rings. The standard InChI is InChI=1S/C22H21ClF2N4O3S/c1-14-11-21(29(27-14)17-4-2-3-16(23)12-17)26-22(30)15-7-9-28(10-8-15)33(31,32)18-5-6-19(24)20(25)13-18/h2-6,11-13,15H,7-10H2,1H3,(H,26,30). The number of nitrogens with one attached hydrogen (secondary N) is 1. The molecule has 2 aromatic carbocycles. The zero-order chi connectivity index (χ0) is 23.8. The van der Waals surface area contributed by atoms with Crippen LogP contribution in [0.4, 0.5) is 14.6 Å². The first-order valence-corrected chi connectivity index (χ1v) is 12.1. The van der Waals surface area contributed by atoms with Crippen LogP contribution in [0.5, 0.6) is 0 Å². The van der Waals surface area contributed by atoms with E-state index in [0.29, 0.717) is 41.1 Å². The van der Waals surface area contributed by atoms with Gasteiger partial charge in [-0.3, -0.25) is 4.79 Å². The molecule has 7 nitrogen and oxygen atoms in total. The van der Waals surface area contributed by atoms with Crippen molar-refractivity contribution in [3.05, 3.63) is 70.9 Å². The normalized spacial score (nSPS) is 15.5. The van der Waals surface area contributed by atoms with E-state index in [1.165, 1.54) is 4.31 Å². The summed E-state index contributed by atoms with van der Waals surface area (Å²) in [6.07, 6.45) is 0.581. The van der Waals surface area contributed by atoms with E-state index in [1.807, 2.05) is 6.07 Å². The predicted molar refractivity (Wildman–Crippen MR) is 120 cm³/mol. The molecular weight excluding hydrogens is 474 g/mol. The average Bonchev–Trinajstić information content (AvgIpc) is 3.15. The van der Waals surface area contributed by atoms with E-state index in [4.69, 9.17) is 11.6 Å². The fourth-order valence-corrected chi connectivity index (χ4v) is 5.43. The van der Waals surface area contributed by atoms with Gasteiger partial charge in [0.15, 0.2) is 11.6 Å². The summed E-state index contributed by atoms with van der Waals surface area (Å²) in [5, 5.41) is 7.82. The van der Waals surface area contributed by atoms with E-state index in [-0.39, 0.29) is 23.9 Å². The van der Waals surface area contributed by atoms with Gasteiger partial charge in [0.05, 0.1) is 16.3 Å². The van der Waals surface area contributed by atoms with E-state index < -0.39 is 27.6 Å². The van der Waals surface area contributed by atoms with Gasteiger partial charge >= 0.3 is 0 Å². The number of amides is 1. The Morgan fingerprint density at radius 1 is 1.09 bits per heavy atom. The third-order valence-electron chi connectivity index (χ3n) is 5.49. The molecule has 0 radical (unpaired) electrons. The van der Waals surface area contributed by atoms with Crippen LogP contribution in [0, 0.1) is 24.5 Å². The number of halogens is 3. The summed E-state index contributed by atoms with van der Waals surface area (Å²) >= 11 is 6.07. The van der Waals surface area contributed by atoms with Crippen molar-refractivity contribution in [3.8, 4) is 5.69 Å². The molecule has 3 aromatic rings. The second kappa shape index (κ2) is 9.20. The molecule has 4 rings (SSSR count). The summed E-state index contributed by atoms with van der Waals surface area (Å²) in [5.41, 5.74) is 1.40. The van der Waals surface area contributed by atoms with Crippen molar-refractivity contribution in [3.63, 3.8) is 0 Å². The van der Waals surface area contributed by atoms with Gasteiger partial charge in [-0.1, -0.05) is 17.7 Å². The zero-order valence-electron chi connectivity index (χ0n) is 17.6. The number of hydrogen-bond donors (Lipinski definition) is 1. The van der Waals surface area contributed by atoms with Crippen LogP contribution in [-0.2, 0) is 14.8 Å². The van der Waals surface area contributed by atoms with E-state index >= 15 is 0 Å². The molecule has 0 atom stereocenters. The number of anilines is 1. The molecule has 1 saturated heterocycles. The lowest BCUT2D eigenvalue weighted by Gasteiger charge is -2.30. The van der Waals surface area contributed by atoms with Gasteiger partial charge in [0.25, 0.3) is 0 Å². The highest BCUT2D eigenvalue weighted by Crippen LogP contribution is 2.27. The van der Waals surface area contributed by atoms with Crippen molar-refractivity contribution in [1.29, 1.82) is 0 Å². The lowest BCUT2D eigenvalue weighted by atomic mass is 9.97. The number of piperidine rings is 1. The Hall–Kier alpha value is -2.82. The minimum absolute atomic E-state index is 0.0893. The van der Waals surface area contributed by atoms with Crippen molar-refractivity contribution in [2.24, 2.45) is 5.92 Å². The molecule has 0 aliphatic carbocycles. The number of nitrogens with zero attached hydrogens (tertiary/aromatic N) is 3. The molecule has 174 valence electrons. The SMILES string of the molecule is Cc1cc(NC(=O)C2CCN(S(=O)(=O)c3ccc(F)c(F)c3)CC2)n(-c2cccc(Cl)c2)n1. The first kappa shape index (κ1) is 23.3. The molecule has 2 heterocycles. The van der Waals surface area contributed by atoms with Crippen LogP contribution in [-0.4, -0.2) is 41.5 Å². The molecule has 1 aliphatic heterocycles. The Morgan fingerprint density at radius 3 is 2.48 bits per heavy atom. The van der Waals surface area contributed by atoms with Crippen molar-refractivity contribution in [1.82, 2.24) is 14.1 Å². The summed E-state index contributed by atoms with van der Waals surface area (Å²) in [5.74, 6) is -2.52. The highest BCUT2D eigenvalue weighted by atomic mass is 35.5. The largest absolute Gasteiger partial charge is 0.310 e. The molecular formula is C22H21ClF2N4O3S. The van der Waals surface area contributed by atoms with E-state index in [1.54, 1.807) is 35.9 Å².